The predicted molar refractivity (Wildman–Crippen MR) is 60.2 cm³/mol. The summed E-state index contributed by atoms with van der Waals surface area (Å²) >= 11 is 0. The number of hydrogen-bond donors (Lipinski definition) is 1. The molecule has 0 unspecified atom stereocenters. The van der Waals surface area contributed by atoms with E-state index in [4.69, 9.17) is 4.42 Å². The maximum atomic E-state index is 11.0. The van der Waals surface area contributed by atoms with Crippen molar-refractivity contribution in [2.24, 2.45) is 0 Å². The van der Waals surface area contributed by atoms with Crippen molar-refractivity contribution in [3.8, 4) is 0 Å². The van der Waals surface area contributed by atoms with Gasteiger partial charge >= 0.3 is 5.76 Å². The summed E-state index contributed by atoms with van der Waals surface area (Å²) in [7, 11) is 0. The highest BCUT2D eigenvalue weighted by atomic mass is 16.4. The van der Waals surface area contributed by atoms with Gasteiger partial charge in [0.05, 0.1) is 5.52 Å². The Hall–Kier alpha value is -1.51. The third kappa shape index (κ3) is 1.82. The molecule has 0 fully saturated rings. The van der Waals surface area contributed by atoms with E-state index in [0.29, 0.717) is 11.5 Å². The largest absolute Gasteiger partial charge is 0.417 e. The Morgan fingerprint density at radius 2 is 2.07 bits per heavy atom. The molecule has 0 aliphatic rings. The zero-order valence-electron chi connectivity index (χ0n) is 9.04. The van der Waals surface area contributed by atoms with Crippen LogP contribution in [0.3, 0.4) is 0 Å². The summed E-state index contributed by atoms with van der Waals surface area (Å²) in [5.41, 5.74) is 2.70. The topological polar surface area (TPSA) is 46.0 Å². The van der Waals surface area contributed by atoms with Crippen LogP contribution in [0.1, 0.15) is 38.2 Å². The molecule has 0 spiro atoms. The van der Waals surface area contributed by atoms with Gasteiger partial charge in [-0.05, 0) is 36.5 Å². The molecule has 80 valence electrons. The van der Waals surface area contributed by atoms with Crippen molar-refractivity contribution in [3.05, 3.63) is 34.3 Å². The lowest BCUT2D eigenvalue weighted by Crippen LogP contribution is -1.95. The molecule has 3 heteroatoms. The van der Waals surface area contributed by atoms with Crippen LogP contribution in [0, 0.1) is 0 Å². The lowest BCUT2D eigenvalue weighted by molar-refractivity contribution is 0.555. The van der Waals surface area contributed by atoms with Gasteiger partial charge in [-0.3, -0.25) is 4.98 Å². The highest BCUT2D eigenvalue weighted by Gasteiger charge is 2.09. The fourth-order valence-corrected chi connectivity index (χ4v) is 1.98. The minimum absolute atomic E-state index is 0.383. The average Bonchev–Trinajstić information content (AvgIpc) is 2.59. The van der Waals surface area contributed by atoms with Crippen LogP contribution in [0.25, 0.3) is 11.1 Å². The van der Waals surface area contributed by atoms with E-state index in [1.807, 2.05) is 18.2 Å². The van der Waals surface area contributed by atoms with E-state index in [1.54, 1.807) is 0 Å². The molecular weight excluding hydrogens is 190 g/mol. The van der Waals surface area contributed by atoms with Crippen LogP contribution < -0.4 is 5.76 Å². The van der Waals surface area contributed by atoms with Crippen molar-refractivity contribution < 1.29 is 4.42 Å². The summed E-state index contributed by atoms with van der Waals surface area (Å²) in [6, 6.07) is 5.91. The van der Waals surface area contributed by atoms with Crippen molar-refractivity contribution in [3.63, 3.8) is 0 Å². The molecule has 0 aliphatic carbocycles. The Morgan fingerprint density at radius 1 is 1.33 bits per heavy atom. The summed E-state index contributed by atoms with van der Waals surface area (Å²) in [6.07, 6.45) is 2.23. The van der Waals surface area contributed by atoms with Gasteiger partial charge in [-0.15, -0.1) is 0 Å². The Labute approximate surface area is 88.1 Å². The lowest BCUT2D eigenvalue weighted by atomic mass is 9.94. The second kappa shape index (κ2) is 3.93. The van der Waals surface area contributed by atoms with Gasteiger partial charge in [0.1, 0.15) is 0 Å². The minimum atomic E-state index is -0.383. The first-order chi connectivity index (χ1) is 7.24. The van der Waals surface area contributed by atoms with Crippen molar-refractivity contribution in [2.45, 2.75) is 32.6 Å². The summed E-state index contributed by atoms with van der Waals surface area (Å²) in [5.74, 6) is 0.180. The number of H-pyrrole nitrogens is 1. The first-order valence-electron chi connectivity index (χ1n) is 5.37. The summed E-state index contributed by atoms with van der Waals surface area (Å²) in [6.45, 7) is 4.35. The molecule has 0 saturated heterocycles. The van der Waals surface area contributed by atoms with E-state index in [9.17, 15) is 4.79 Å². The number of fused-ring (bicyclic) bond motifs is 1. The van der Waals surface area contributed by atoms with Crippen LogP contribution in [0.4, 0.5) is 0 Å². The maximum absolute atomic E-state index is 11.0. The Kier molecular flexibility index (Phi) is 2.62. The van der Waals surface area contributed by atoms with E-state index in [0.717, 1.165) is 18.4 Å². The molecule has 1 N–H and O–H groups in total. The molecule has 1 aromatic heterocycles. The molecule has 1 aromatic carbocycles. The molecule has 3 nitrogen and oxygen atoms in total. The molecule has 0 bridgehead atoms. The average molecular weight is 205 g/mol. The minimum Gasteiger partial charge on any atom is -0.408 e. The van der Waals surface area contributed by atoms with E-state index in [2.05, 4.69) is 18.8 Å². The molecule has 0 amide bonds. The van der Waals surface area contributed by atoms with Crippen molar-refractivity contribution in [2.75, 3.05) is 0 Å². The van der Waals surface area contributed by atoms with Crippen LogP contribution in [-0.2, 0) is 0 Å². The molecule has 0 atom stereocenters. The van der Waals surface area contributed by atoms with Gasteiger partial charge in [-0.2, -0.15) is 0 Å². The van der Waals surface area contributed by atoms with Crippen molar-refractivity contribution in [1.29, 1.82) is 0 Å². The zero-order valence-corrected chi connectivity index (χ0v) is 9.04. The van der Waals surface area contributed by atoms with Gasteiger partial charge in [0, 0.05) is 0 Å². The normalized spacial score (nSPS) is 11.4. The van der Waals surface area contributed by atoms with Crippen LogP contribution >= 0.6 is 0 Å². The fourth-order valence-electron chi connectivity index (χ4n) is 1.98. The van der Waals surface area contributed by atoms with E-state index < -0.39 is 0 Å². The van der Waals surface area contributed by atoms with Gasteiger partial charge < -0.3 is 4.42 Å². The molecule has 0 aliphatic heterocycles. The number of nitrogens with one attached hydrogen (secondary N) is 1. The van der Waals surface area contributed by atoms with Crippen LogP contribution in [-0.4, -0.2) is 4.98 Å². The molecule has 15 heavy (non-hydrogen) atoms. The van der Waals surface area contributed by atoms with Gasteiger partial charge in [-0.1, -0.05) is 19.9 Å². The second-order valence-electron chi connectivity index (χ2n) is 3.78. The standard InChI is InChI=1S/C12H15NO2/c1-3-8(4-2)9-5-6-11-10(7-9)13-12(14)15-11/h5-8H,3-4H2,1-2H3,(H,13,14). The maximum Gasteiger partial charge on any atom is 0.417 e. The van der Waals surface area contributed by atoms with Crippen LogP contribution in [0.5, 0.6) is 0 Å². The number of oxazole rings is 1. The number of aromatic amines is 1. The lowest BCUT2D eigenvalue weighted by Gasteiger charge is -2.11. The molecule has 2 aromatic rings. The molecule has 0 radical (unpaired) electrons. The number of benzene rings is 1. The molecule has 2 rings (SSSR count). The third-order valence-corrected chi connectivity index (χ3v) is 2.90. The number of aromatic nitrogens is 1. The Balaban J connectivity index is 2.49. The van der Waals surface area contributed by atoms with Crippen molar-refractivity contribution in [1.82, 2.24) is 4.98 Å². The summed E-state index contributed by atoms with van der Waals surface area (Å²) in [5, 5.41) is 0. The zero-order chi connectivity index (χ0) is 10.8. The molecule has 1 heterocycles. The SMILES string of the molecule is CCC(CC)c1ccc2oc(=O)[nH]c2c1. The fraction of sp³-hybridized carbons (Fsp3) is 0.417. The first-order valence-corrected chi connectivity index (χ1v) is 5.37. The predicted octanol–water partition coefficient (Wildman–Crippen LogP) is 3.02. The quantitative estimate of drug-likeness (QED) is 0.837. The van der Waals surface area contributed by atoms with Crippen molar-refractivity contribution >= 4 is 11.1 Å². The second-order valence-corrected chi connectivity index (χ2v) is 3.78. The van der Waals surface area contributed by atoms with Gasteiger partial charge in [-0.25, -0.2) is 4.79 Å². The Morgan fingerprint density at radius 3 is 2.73 bits per heavy atom. The monoisotopic (exact) mass is 205 g/mol. The third-order valence-electron chi connectivity index (χ3n) is 2.90. The number of rotatable bonds is 3. The van der Waals surface area contributed by atoms with Gasteiger partial charge in [0.2, 0.25) is 0 Å². The number of hydrogen-bond acceptors (Lipinski definition) is 2. The smallest absolute Gasteiger partial charge is 0.408 e. The summed E-state index contributed by atoms with van der Waals surface area (Å²) in [4.78, 5) is 13.7. The molecular formula is C12H15NO2. The highest BCUT2D eigenvalue weighted by Crippen LogP contribution is 2.25. The van der Waals surface area contributed by atoms with Crippen LogP contribution in [0.2, 0.25) is 0 Å². The summed E-state index contributed by atoms with van der Waals surface area (Å²) < 4.78 is 4.96. The molecule has 0 saturated carbocycles. The van der Waals surface area contributed by atoms with E-state index in [-0.39, 0.29) is 5.76 Å². The van der Waals surface area contributed by atoms with Gasteiger partial charge in [0.25, 0.3) is 0 Å². The van der Waals surface area contributed by atoms with E-state index >= 15 is 0 Å². The van der Waals surface area contributed by atoms with E-state index in [1.165, 1.54) is 5.56 Å². The first kappa shape index (κ1) is 10.0. The van der Waals surface area contributed by atoms with Gasteiger partial charge in [0.15, 0.2) is 5.58 Å². The highest BCUT2D eigenvalue weighted by molar-refractivity contribution is 5.72. The van der Waals surface area contributed by atoms with Crippen LogP contribution in [0.15, 0.2) is 27.4 Å². The Bertz CT molecular complexity index is 506.